The van der Waals surface area contributed by atoms with Gasteiger partial charge in [0, 0.05) is 22.9 Å². The smallest absolute Gasteiger partial charge is 0.255 e. The summed E-state index contributed by atoms with van der Waals surface area (Å²) in [6, 6.07) is 14.1. The molecule has 0 aromatic heterocycles. The van der Waals surface area contributed by atoms with Crippen molar-refractivity contribution in [3.8, 4) is 5.75 Å². The van der Waals surface area contributed by atoms with Crippen molar-refractivity contribution in [1.29, 1.82) is 0 Å². The molecule has 2 aromatic rings. The highest BCUT2D eigenvalue weighted by Crippen LogP contribution is 2.25. The Hall–Kier alpha value is -2.82. The number of carbonyl (C=O) groups is 2. The van der Waals surface area contributed by atoms with E-state index in [2.05, 4.69) is 10.6 Å². The van der Waals surface area contributed by atoms with Crippen LogP contribution < -0.4 is 15.4 Å². The van der Waals surface area contributed by atoms with Crippen LogP contribution in [0.25, 0.3) is 0 Å². The fourth-order valence-corrected chi connectivity index (χ4v) is 3.19. The van der Waals surface area contributed by atoms with Crippen molar-refractivity contribution in [2.75, 3.05) is 17.7 Å². The zero-order valence-electron chi connectivity index (χ0n) is 15.0. The maximum Gasteiger partial charge on any atom is 0.255 e. The number of ether oxygens (including phenoxy) is 1. The Morgan fingerprint density at radius 1 is 0.846 bits per heavy atom. The number of hydrogen-bond donors (Lipinski definition) is 2. The van der Waals surface area contributed by atoms with Crippen LogP contribution in [0.3, 0.4) is 0 Å². The Labute approximate surface area is 153 Å². The molecule has 3 rings (SSSR count). The van der Waals surface area contributed by atoms with Crippen LogP contribution in [0, 0.1) is 5.92 Å². The van der Waals surface area contributed by atoms with Crippen LogP contribution in [-0.4, -0.2) is 18.9 Å². The topological polar surface area (TPSA) is 67.4 Å². The van der Waals surface area contributed by atoms with Gasteiger partial charge in [-0.2, -0.15) is 0 Å². The molecule has 0 heterocycles. The van der Waals surface area contributed by atoms with Crippen LogP contribution in [0.2, 0.25) is 0 Å². The van der Waals surface area contributed by atoms with Gasteiger partial charge < -0.3 is 15.4 Å². The second kappa shape index (κ2) is 8.52. The first-order valence-corrected chi connectivity index (χ1v) is 9.02. The van der Waals surface area contributed by atoms with Crippen molar-refractivity contribution >= 4 is 23.2 Å². The highest BCUT2D eigenvalue weighted by Gasteiger charge is 2.21. The number of methoxy groups -OCH3 is 1. The third kappa shape index (κ3) is 4.63. The molecule has 0 radical (unpaired) electrons. The minimum atomic E-state index is -0.194. The maximum atomic E-state index is 12.3. The summed E-state index contributed by atoms with van der Waals surface area (Å²) in [7, 11) is 1.60. The molecule has 1 aliphatic carbocycles. The van der Waals surface area contributed by atoms with Gasteiger partial charge in [-0.1, -0.05) is 19.3 Å². The number of amides is 2. The molecule has 5 heteroatoms. The lowest BCUT2D eigenvalue weighted by atomic mass is 9.88. The second-order valence-corrected chi connectivity index (χ2v) is 6.58. The van der Waals surface area contributed by atoms with Gasteiger partial charge in [-0.3, -0.25) is 9.59 Å². The molecule has 0 saturated heterocycles. The van der Waals surface area contributed by atoms with Gasteiger partial charge in [-0.05, 0) is 61.4 Å². The first-order chi connectivity index (χ1) is 12.7. The summed E-state index contributed by atoms with van der Waals surface area (Å²) in [5, 5.41) is 5.80. The Bertz CT molecular complexity index is 748. The second-order valence-electron chi connectivity index (χ2n) is 6.58. The number of anilines is 2. The molecule has 0 aliphatic heterocycles. The standard InChI is InChI=1S/C21H24N2O3/c1-26-19-13-11-18(12-14-19)23-21(25)16-7-9-17(10-8-16)22-20(24)15-5-3-2-4-6-15/h7-15H,2-6H2,1H3,(H,22,24)(H,23,25). The molecule has 0 atom stereocenters. The van der Waals surface area contributed by atoms with E-state index in [1.54, 1.807) is 55.6 Å². The van der Waals surface area contributed by atoms with Gasteiger partial charge in [0.05, 0.1) is 7.11 Å². The minimum absolute atomic E-state index is 0.0835. The predicted octanol–water partition coefficient (Wildman–Crippen LogP) is 4.47. The third-order valence-corrected chi connectivity index (χ3v) is 4.74. The SMILES string of the molecule is COc1ccc(NC(=O)c2ccc(NC(=O)C3CCCCC3)cc2)cc1. The molecule has 0 bridgehead atoms. The largest absolute Gasteiger partial charge is 0.497 e. The molecule has 2 amide bonds. The summed E-state index contributed by atoms with van der Waals surface area (Å²) < 4.78 is 5.10. The Morgan fingerprint density at radius 3 is 2.04 bits per heavy atom. The van der Waals surface area contributed by atoms with E-state index in [-0.39, 0.29) is 17.7 Å². The molecule has 2 N–H and O–H groups in total. The Kier molecular flexibility index (Phi) is 5.89. The first kappa shape index (κ1) is 18.0. The van der Waals surface area contributed by atoms with E-state index in [4.69, 9.17) is 4.74 Å². The van der Waals surface area contributed by atoms with Gasteiger partial charge in [-0.25, -0.2) is 0 Å². The Morgan fingerprint density at radius 2 is 1.42 bits per heavy atom. The van der Waals surface area contributed by atoms with E-state index in [1.807, 2.05) is 0 Å². The summed E-state index contributed by atoms with van der Waals surface area (Å²) in [6.45, 7) is 0. The van der Waals surface area contributed by atoms with Crippen LogP contribution in [0.15, 0.2) is 48.5 Å². The van der Waals surface area contributed by atoms with Crippen molar-refractivity contribution < 1.29 is 14.3 Å². The molecule has 2 aromatic carbocycles. The third-order valence-electron chi connectivity index (χ3n) is 4.74. The highest BCUT2D eigenvalue weighted by atomic mass is 16.5. The molecule has 136 valence electrons. The molecule has 26 heavy (non-hydrogen) atoms. The van der Waals surface area contributed by atoms with Crippen LogP contribution in [-0.2, 0) is 4.79 Å². The van der Waals surface area contributed by atoms with Crippen LogP contribution in [0.1, 0.15) is 42.5 Å². The van der Waals surface area contributed by atoms with Crippen LogP contribution in [0.4, 0.5) is 11.4 Å². The van der Waals surface area contributed by atoms with E-state index in [0.29, 0.717) is 11.3 Å². The summed E-state index contributed by atoms with van der Waals surface area (Å²) in [6.07, 6.45) is 5.41. The Balaban J connectivity index is 1.57. The van der Waals surface area contributed by atoms with Crippen molar-refractivity contribution in [2.45, 2.75) is 32.1 Å². The van der Waals surface area contributed by atoms with Gasteiger partial charge in [0.15, 0.2) is 0 Å². The van der Waals surface area contributed by atoms with E-state index >= 15 is 0 Å². The number of hydrogen-bond acceptors (Lipinski definition) is 3. The number of rotatable bonds is 5. The molecule has 5 nitrogen and oxygen atoms in total. The van der Waals surface area contributed by atoms with E-state index in [9.17, 15) is 9.59 Å². The zero-order valence-corrected chi connectivity index (χ0v) is 15.0. The van der Waals surface area contributed by atoms with Crippen molar-refractivity contribution in [3.63, 3.8) is 0 Å². The monoisotopic (exact) mass is 352 g/mol. The van der Waals surface area contributed by atoms with Gasteiger partial charge in [-0.15, -0.1) is 0 Å². The normalized spacial score (nSPS) is 14.5. The fraction of sp³-hybridized carbons (Fsp3) is 0.333. The molecular weight excluding hydrogens is 328 g/mol. The molecule has 1 aliphatic rings. The predicted molar refractivity (Wildman–Crippen MR) is 103 cm³/mol. The maximum absolute atomic E-state index is 12.3. The zero-order chi connectivity index (χ0) is 18.4. The van der Waals surface area contributed by atoms with E-state index < -0.39 is 0 Å². The lowest BCUT2D eigenvalue weighted by Crippen LogP contribution is -2.24. The van der Waals surface area contributed by atoms with Crippen molar-refractivity contribution in [2.24, 2.45) is 5.92 Å². The highest BCUT2D eigenvalue weighted by molar-refractivity contribution is 6.04. The summed E-state index contributed by atoms with van der Waals surface area (Å²) >= 11 is 0. The van der Waals surface area contributed by atoms with Gasteiger partial charge in [0.2, 0.25) is 5.91 Å². The lowest BCUT2D eigenvalue weighted by molar-refractivity contribution is -0.120. The molecule has 1 fully saturated rings. The summed E-state index contributed by atoms with van der Waals surface area (Å²) in [5.41, 5.74) is 1.96. The lowest BCUT2D eigenvalue weighted by Gasteiger charge is -2.20. The number of nitrogens with one attached hydrogen (secondary N) is 2. The van der Waals surface area contributed by atoms with Gasteiger partial charge >= 0.3 is 0 Å². The fourth-order valence-electron chi connectivity index (χ4n) is 3.19. The van der Waals surface area contributed by atoms with Gasteiger partial charge in [0.25, 0.3) is 5.91 Å². The molecular formula is C21H24N2O3. The van der Waals surface area contributed by atoms with Gasteiger partial charge in [0.1, 0.15) is 5.75 Å². The van der Waals surface area contributed by atoms with Crippen molar-refractivity contribution in [1.82, 2.24) is 0 Å². The van der Waals surface area contributed by atoms with Crippen molar-refractivity contribution in [3.05, 3.63) is 54.1 Å². The molecule has 0 unspecified atom stereocenters. The number of carbonyl (C=O) groups excluding carboxylic acids is 2. The molecule has 1 saturated carbocycles. The van der Waals surface area contributed by atoms with Crippen LogP contribution >= 0.6 is 0 Å². The summed E-state index contributed by atoms with van der Waals surface area (Å²) in [4.78, 5) is 24.6. The number of benzene rings is 2. The first-order valence-electron chi connectivity index (χ1n) is 9.02. The minimum Gasteiger partial charge on any atom is -0.497 e. The molecule has 0 spiro atoms. The quantitative estimate of drug-likeness (QED) is 0.834. The van der Waals surface area contributed by atoms with E-state index in [0.717, 1.165) is 37.1 Å². The van der Waals surface area contributed by atoms with E-state index in [1.165, 1.54) is 6.42 Å². The summed E-state index contributed by atoms with van der Waals surface area (Å²) in [5.74, 6) is 0.739. The van der Waals surface area contributed by atoms with Crippen LogP contribution in [0.5, 0.6) is 5.75 Å². The average molecular weight is 352 g/mol. The average Bonchev–Trinajstić information content (AvgIpc) is 2.69.